The van der Waals surface area contributed by atoms with Crippen molar-refractivity contribution in [2.24, 2.45) is 0 Å². The molecule has 0 spiro atoms. The highest BCUT2D eigenvalue weighted by molar-refractivity contribution is 6.30. The van der Waals surface area contributed by atoms with Gasteiger partial charge in [-0.15, -0.1) is 0 Å². The minimum atomic E-state index is -0.454. The summed E-state index contributed by atoms with van der Waals surface area (Å²) < 4.78 is 27.0. The fraction of sp³-hybridized carbons (Fsp3) is 0.294. The van der Waals surface area contributed by atoms with Gasteiger partial charge in [-0.1, -0.05) is 30.7 Å². The lowest BCUT2D eigenvalue weighted by Crippen LogP contribution is -2.23. The van der Waals surface area contributed by atoms with E-state index >= 15 is 0 Å². The first-order valence-electron chi connectivity index (χ1n) is 6.96. The molecule has 1 nitrogen and oxygen atoms in total. The third kappa shape index (κ3) is 4.02. The number of nitrogens with one attached hydrogen (secondary N) is 1. The highest BCUT2D eigenvalue weighted by Gasteiger charge is 2.16. The average Bonchev–Trinajstić information content (AvgIpc) is 2.42. The molecule has 0 aliphatic carbocycles. The van der Waals surface area contributed by atoms with Crippen molar-refractivity contribution in [3.8, 4) is 0 Å². The predicted octanol–water partition coefficient (Wildman–Crippen LogP) is 5.02. The van der Waals surface area contributed by atoms with Crippen molar-refractivity contribution in [2.75, 3.05) is 6.54 Å². The molecule has 0 saturated carbocycles. The Morgan fingerprint density at radius 3 is 2.48 bits per heavy atom. The largest absolute Gasteiger partial charge is 0.306 e. The van der Waals surface area contributed by atoms with Crippen LogP contribution < -0.4 is 5.32 Å². The van der Waals surface area contributed by atoms with E-state index in [2.05, 4.69) is 12.2 Å². The average molecular weight is 310 g/mol. The van der Waals surface area contributed by atoms with Gasteiger partial charge in [0.1, 0.15) is 11.6 Å². The lowest BCUT2D eigenvalue weighted by Gasteiger charge is -2.20. The Morgan fingerprint density at radius 2 is 1.86 bits per heavy atom. The number of hydrogen-bond donors (Lipinski definition) is 1. The van der Waals surface area contributed by atoms with Crippen LogP contribution >= 0.6 is 11.6 Å². The van der Waals surface area contributed by atoms with E-state index in [4.69, 9.17) is 11.6 Å². The van der Waals surface area contributed by atoms with E-state index in [1.54, 1.807) is 12.1 Å². The molecule has 0 amide bonds. The van der Waals surface area contributed by atoms with Gasteiger partial charge in [-0.3, -0.25) is 0 Å². The van der Waals surface area contributed by atoms with Gasteiger partial charge < -0.3 is 5.32 Å². The molecular formula is C17H18ClF2N. The van der Waals surface area contributed by atoms with Crippen LogP contribution in [0, 0.1) is 18.6 Å². The number of hydrogen-bond acceptors (Lipinski definition) is 1. The summed E-state index contributed by atoms with van der Waals surface area (Å²) in [6, 6.07) is 9.30. The van der Waals surface area contributed by atoms with Crippen molar-refractivity contribution in [2.45, 2.75) is 26.3 Å². The topological polar surface area (TPSA) is 12.0 Å². The molecule has 0 fully saturated rings. The summed E-state index contributed by atoms with van der Waals surface area (Å²) in [5, 5.41) is 3.43. The molecule has 2 aromatic rings. The smallest absolute Gasteiger partial charge is 0.141 e. The molecule has 0 saturated heterocycles. The second-order valence-corrected chi connectivity index (χ2v) is 5.53. The first-order chi connectivity index (χ1) is 10.0. The molecule has 1 atom stereocenters. The third-order valence-corrected chi connectivity index (χ3v) is 3.56. The van der Waals surface area contributed by atoms with Gasteiger partial charge in [0, 0.05) is 0 Å². The molecule has 1 unspecified atom stereocenters. The summed E-state index contributed by atoms with van der Waals surface area (Å²) in [7, 11) is 0. The van der Waals surface area contributed by atoms with E-state index in [9.17, 15) is 8.78 Å². The molecule has 21 heavy (non-hydrogen) atoms. The maximum atomic E-state index is 13.7. The molecule has 112 valence electrons. The van der Waals surface area contributed by atoms with Crippen molar-refractivity contribution in [3.63, 3.8) is 0 Å². The zero-order chi connectivity index (χ0) is 15.4. The van der Waals surface area contributed by atoms with Crippen LogP contribution in [0.2, 0.25) is 5.02 Å². The van der Waals surface area contributed by atoms with Crippen molar-refractivity contribution < 1.29 is 8.78 Å². The van der Waals surface area contributed by atoms with E-state index in [1.807, 2.05) is 13.0 Å². The molecule has 0 radical (unpaired) electrons. The van der Waals surface area contributed by atoms with Gasteiger partial charge in [0.05, 0.1) is 11.1 Å². The number of benzene rings is 2. The van der Waals surface area contributed by atoms with Crippen molar-refractivity contribution in [3.05, 3.63) is 69.7 Å². The molecule has 4 heteroatoms. The zero-order valence-corrected chi connectivity index (χ0v) is 12.8. The zero-order valence-electron chi connectivity index (χ0n) is 12.1. The van der Waals surface area contributed by atoms with Crippen LogP contribution in [0.25, 0.3) is 0 Å². The summed E-state index contributed by atoms with van der Waals surface area (Å²) >= 11 is 5.87. The van der Waals surface area contributed by atoms with Gasteiger partial charge in [0.25, 0.3) is 0 Å². The molecule has 1 N–H and O–H groups in total. The Balaban J connectivity index is 2.43. The normalized spacial score (nSPS) is 12.4. The lowest BCUT2D eigenvalue weighted by molar-refractivity contribution is 0.581. The summed E-state index contributed by atoms with van der Waals surface area (Å²) in [4.78, 5) is 0. The monoisotopic (exact) mass is 309 g/mol. The van der Waals surface area contributed by atoms with Gasteiger partial charge in [0.2, 0.25) is 0 Å². The van der Waals surface area contributed by atoms with Gasteiger partial charge >= 0.3 is 0 Å². The molecule has 0 bridgehead atoms. The van der Waals surface area contributed by atoms with Gasteiger partial charge in [-0.05, 0) is 60.8 Å². The van der Waals surface area contributed by atoms with E-state index in [1.165, 1.54) is 18.2 Å². The first-order valence-corrected chi connectivity index (χ1v) is 7.34. The van der Waals surface area contributed by atoms with Gasteiger partial charge in [-0.25, -0.2) is 8.78 Å². The Hall–Kier alpha value is -1.45. The predicted molar refractivity (Wildman–Crippen MR) is 82.7 cm³/mol. The van der Waals surface area contributed by atoms with E-state index in [0.717, 1.165) is 29.7 Å². The maximum Gasteiger partial charge on any atom is 0.141 e. The summed E-state index contributed by atoms with van der Waals surface area (Å²) in [6.07, 6.45) is 0.944. The van der Waals surface area contributed by atoms with Crippen LogP contribution in [0.5, 0.6) is 0 Å². The standard InChI is InChI=1S/C17H18ClF2N/c1-3-6-21-17(12-4-5-16(20)15(18)10-12)13-7-11(2)8-14(19)9-13/h4-5,7-10,17,21H,3,6H2,1-2H3. The van der Waals surface area contributed by atoms with E-state index in [-0.39, 0.29) is 16.9 Å². The van der Waals surface area contributed by atoms with E-state index < -0.39 is 5.82 Å². The van der Waals surface area contributed by atoms with Crippen molar-refractivity contribution in [1.82, 2.24) is 5.32 Å². The van der Waals surface area contributed by atoms with E-state index in [0.29, 0.717) is 0 Å². The van der Waals surface area contributed by atoms with Crippen LogP contribution in [-0.2, 0) is 0 Å². The Labute approximate surface area is 128 Å². The Kier molecular flexibility index (Phi) is 5.32. The number of rotatable bonds is 5. The SMILES string of the molecule is CCCNC(c1cc(C)cc(F)c1)c1ccc(F)c(Cl)c1. The Bertz CT molecular complexity index is 608. The minimum absolute atomic E-state index is 0.0731. The highest BCUT2D eigenvalue weighted by atomic mass is 35.5. The number of halogens is 3. The molecule has 0 aliphatic heterocycles. The fourth-order valence-electron chi connectivity index (χ4n) is 2.34. The highest BCUT2D eigenvalue weighted by Crippen LogP contribution is 2.27. The number of aryl methyl sites for hydroxylation is 1. The summed E-state index contributed by atoms with van der Waals surface area (Å²) in [5.41, 5.74) is 2.48. The second kappa shape index (κ2) is 7.01. The van der Waals surface area contributed by atoms with Gasteiger partial charge in [0.15, 0.2) is 0 Å². The Morgan fingerprint density at radius 1 is 1.10 bits per heavy atom. The first kappa shape index (κ1) is 15.9. The molecule has 2 rings (SSSR count). The van der Waals surface area contributed by atoms with Crippen LogP contribution in [0.3, 0.4) is 0 Å². The molecule has 2 aromatic carbocycles. The molecule has 0 aromatic heterocycles. The van der Waals surface area contributed by atoms with Crippen molar-refractivity contribution in [1.29, 1.82) is 0 Å². The molecular weight excluding hydrogens is 292 g/mol. The lowest BCUT2D eigenvalue weighted by atomic mass is 9.97. The van der Waals surface area contributed by atoms with Crippen LogP contribution in [0.1, 0.15) is 36.1 Å². The quantitative estimate of drug-likeness (QED) is 0.818. The fourth-order valence-corrected chi connectivity index (χ4v) is 2.53. The maximum absolute atomic E-state index is 13.7. The second-order valence-electron chi connectivity index (χ2n) is 5.12. The van der Waals surface area contributed by atoms with Gasteiger partial charge in [-0.2, -0.15) is 0 Å². The van der Waals surface area contributed by atoms with Crippen LogP contribution in [-0.4, -0.2) is 6.54 Å². The minimum Gasteiger partial charge on any atom is -0.306 e. The van der Waals surface area contributed by atoms with Crippen LogP contribution in [0.15, 0.2) is 36.4 Å². The molecule has 0 heterocycles. The summed E-state index contributed by atoms with van der Waals surface area (Å²) in [6.45, 7) is 4.68. The summed E-state index contributed by atoms with van der Waals surface area (Å²) in [5.74, 6) is -0.730. The third-order valence-electron chi connectivity index (χ3n) is 3.27. The van der Waals surface area contributed by atoms with Crippen LogP contribution in [0.4, 0.5) is 8.78 Å². The molecule has 0 aliphatic rings. The van der Waals surface area contributed by atoms with Crippen molar-refractivity contribution >= 4 is 11.6 Å².